The van der Waals surface area contributed by atoms with E-state index in [0.717, 1.165) is 0 Å². The van der Waals surface area contributed by atoms with E-state index in [1.807, 2.05) is 0 Å². The number of para-hydroxylation sites is 1. The third-order valence-electron chi connectivity index (χ3n) is 4.28. The van der Waals surface area contributed by atoms with E-state index in [1.165, 1.54) is 13.4 Å². The summed E-state index contributed by atoms with van der Waals surface area (Å²) in [6.07, 6.45) is 1.45. The van der Waals surface area contributed by atoms with Crippen LogP contribution in [0.1, 0.15) is 0 Å². The summed E-state index contributed by atoms with van der Waals surface area (Å²) in [4.78, 5) is 25.3. The summed E-state index contributed by atoms with van der Waals surface area (Å²) in [7, 11) is 1.50. The molecule has 0 aliphatic heterocycles. The van der Waals surface area contributed by atoms with Crippen molar-refractivity contribution in [1.29, 1.82) is 0 Å². The lowest BCUT2D eigenvalue weighted by molar-refractivity contribution is -0.118. The fourth-order valence-electron chi connectivity index (χ4n) is 2.90. The minimum Gasteiger partial charge on any atom is -0.495 e. The van der Waals surface area contributed by atoms with E-state index in [9.17, 15) is 9.59 Å². The smallest absolute Gasteiger partial charge is 0.262 e. The highest BCUT2D eigenvalue weighted by molar-refractivity contribution is 6.32. The van der Waals surface area contributed by atoms with Gasteiger partial charge in [-0.15, -0.1) is 0 Å². The van der Waals surface area contributed by atoms with Crippen LogP contribution in [0.4, 0.5) is 5.69 Å². The summed E-state index contributed by atoms with van der Waals surface area (Å²) in [5, 5.41) is 3.35. The molecule has 4 aromatic rings. The molecular weight excluding hydrogens is 410 g/mol. The zero-order valence-corrected chi connectivity index (χ0v) is 16.6. The van der Waals surface area contributed by atoms with Gasteiger partial charge >= 0.3 is 0 Å². The van der Waals surface area contributed by atoms with Gasteiger partial charge in [0.1, 0.15) is 11.3 Å². The maximum atomic E-state index is 12.9. The van der Waals surface area contributed by atoms with Gasteiger partial charge in [-0.05, 0) is 42.5 Å². The van der Waals surface area contributed by atoms with Crippen molar-refractivity contribution in [3.05, 3.63) is 76.1 Å². The van der Waals surface area contributed by atoms with Gasteiger partial charge < -0.3 is 23.6 Å². The van der Waals surface area contributed by atoms with Gasteiger partial charge in [-0.25, -0.2) is 0 Å². The first-order valence-corrected chi connectivity index (χ1v) is 9.30. The first-order valence-electron chi connectivity index (χ1n) is 8.92. The molecule has 0 fully saturated rings. The van der Waals surface area contributed by atoms with Crippen molar-refractivity contribution >= 4 is 34.2 Å². The van der Waals surface area contributed by atoms with E-state index in [0.29, 0.717) is 33.2 Å². The number of rotatable bonds is 6. The zero-order chi connectivity index (χ0) is 21.1. The Hall–Kier alpha value is -3.71. The van der Waals surface area contributed by atoms with Crippen LogP contribution in [0.2, 0.25) is 5.02 Å². The average molecular weight is 426 g/mol. The molecule has 2 heterocycles. The van der Waals surface area contributed by atoms with Crippen molar-refractivity contribution in [1.82, 2.24) is 0 Å². The van der Waals surface area contributed by atoms with E-state index in [4.69, 9.17) is 29.9 Å². The van der Waals surface area contributed by atoms with Gasteiger partial charge in [0.2, 0.25) is 16.9 Å². The van der Waals surface area contributed by atoms with Crippen molar-refractivity contribution in [2.45, 2.75) is 0 Å². The number of nitrogens with one attached hydrogen (secondary N) is 1. The Kier molecular flexibility index (Phi) is 5.45. The Labute approximate surface area is 175 Å². The topological polar surface area (TPSA) is 90.9 Å². The van der Waals surface area contributed by atoms with E-state index >= 15 is 0 Å². The molecule has 0 aliphatic rings. The molecule has 0 saturated heterocycles. The Morgan fingerprint density at radius 3 is 2.70 bits per heavy atom. The monoisotopic (exact) mass is 425 g/mol. The molecule has 0 saturated carbocycles. The van der Waals surface area contributed by atoms with Crippen molar-refractivity contribution in [2.75, 3.05) is 19.0 Å². The highest BCUT2D eigenvalue weighted by Gasteiger charge is 2.20. The van der Waals surface area contributed by atoms with Gasteiger partial charge in [0, 0.05) is 5.69 Å². The molecule has 2 aromatic carbocycles. The van der Waals surface area contributed by atoms with Crippen LogP contribution in [0.5, 0.6) is 11.5 Å². The molecule has 152 valence electrons. The van der Waals surface area contributed by atoms with Gasteiger partial charge in [0.25, 0.3) is 5.91 Å². The molecule has 30 heavy (non-hydrogen) atoms. The lowest BCUT2D eigenvalue weighted by Gasteiger charge is -2.11. The van der Waals surface area contributed by atoms with E-state index in [-0.39, 0.29) is 11.5 Å². The third-order valence-corrected chi connectivity index (χ3v) is 4.58. The van der Waals surface area contributed by atoms with Crippen molar-refractivity contribution in [3.63, 3.8) is 0 Å². The lowest BCUT2D eigenvalue weighted by atomic mass is 10.2. The molecule has 2 aromatic heterocycles. The summed E-state index contributed by atoms with van der Waals surface area (Å²) < 4.78 is 21.8. The van der Waals surface area contributed by atoms with Crippen LogP contribution >= 0.6 is 11.6 Å². The van der Waals surface area contributed by atoms with Crippen molar-refractivity contribution < 1.29 is 23.1 Å². The normalized spacial score (nSPS) is 10.7. The van der Waals surface area contributed by atoms with Crippen LogP contribution in [0, 0.1) is 0 Å². The molecule has 0 bridgehead atoms. The van der Waals surface area contributed by atoms with Crippen LogP contribution < -0.4 is 20.2 Å². The number of ether oxygens (including phenoxy) is 2. The standard InChI is InChI=1S/C22H16ClNO6/c1-27-17-9-8-13(11-15(17)23)24-19(25)12-29-22-20(26)14-5-2-3-6-16(14)30-21(22)18-7-4-10-28-18/h2-11H,12H2,1H3,(H,24,25). The number of benzene rings is 2. The number of anilines is 1. The Balaban J connectivity index is 1.59. The number of furan rings is 1. The number of carbonyl (C=O) groups is 1. The van der Waals surface area contributed by atoms with Crippen LogP contribution in [0.15, 0.2) is 74.5 Å². The molecule has 0 spiro atoms. The molecule has 0 aliphatic carbocycles. The van der Waals surface area contributed by atoms with E-state index in [1.54, 1.807) is 54.6 Å². The number of methoxy groups -OCH3 is 1. The van der Waals surface area contributed by atoms with E-state index in [2.05, 4.69) is 5.32 Å². The molecule has 7 nitrogen and oxygen atoms in total. The first kappa shape index (κ1) is 19.6. The second-order valence-corrected chi connectivity index (χ2v) is 6.66. The second kappa shape index (κ2) is 8.34. The summed E-state index contributed by atoms with van der Waals surface area (Å²) >= 11 is 6.07. The fourth-order valence-corrected chi connectivity index (χ4v) is 3.16. The molecule has 4 rings (SSSR count). The number of carbonyl (C=O) groups excluding carboxylic acids is 1. The number of halogens is 1. The molecule has 0 unspecified atom stereocenters. The molecule has 0 radical (unpaired) electrons. The van der Waals surface area contributed by atoms with Gasteiger partial charge in [-0.3, -0.25) is 9.59 Å². The average Bonchev–Trinajstić information content (AvgIpc) is 3.28. The SMILES string of the molecule is COc1ccc(NC(=O)COc2c(-c3ccco3)oc3ccccc3c2=O)cc1Cl. The Morgan fingerprint density at radius 1 is 1.13 bits per heavy atom. The lowest BCUT2D eigenvalue weighted by Crippen LogP contribution is -2.22. The quantitative estimate of drug-likeness (QED) is 0.480. The van der Waals surface area contributed by atoms with Crippen LogP contribution in [-0.4, -0.2) is 19.6 Å². The number of amides is 1. The maximum Gasteiger partial charge on any atom is 0.262 e. The minimum absolute atomic E-state index is 0.105. The fraction of sp³-hybridized carbons (Fsp3) is 0.0909. The number of fused-ring (bicyclic) bond motifs is 1. The summed E-state index contributed by atoms with van der Waals surface area (Å²) in [5.41, 5.74) is 0.452. The summed E-state index contributed by atoms with van der Waals surface area (Å²) in [6, 6.07) is 14.9. The molecule has 1 amide bonds. The van der Waals surface area contributed by atoms with Crippen molar-refractivity contribution in [3.8, 4) is 23.0 Å². The van der Waals surface area contributed by atoms with Crippen LogP contribution in [0.3, 0.4) is 0 Å². The van der Waals surface area contributed by atoms with Crippen LogP contribution in [-0.2, 0) is 4.79 Å². The van der Waals surface area contributed by atoms with Crippen LogP contribution in [0.25, 0.3) is 22.5 Å². The molecule has 0 atom stereocenters. The third kappa shape index (κ3) is 3.88. The Morgan fingerprint density at radius 2 is 1.97 bits per heavy atom. The zero-order valence-electron chi connectivity index (χ0n) is 15.8. The Bertz CT molecular complexity index is 1260. The predicted molar refractivity (Wildman–Crippen MR) is 112 cm³/mol. The van der Waals surface area contributed by atoms with Gasteiger partial charge in [-0.2, -0.15) is 0 Å². The highest BCUT2D eigenvalue weighted by atomic mass is 35.5. The number of hydrogen-bond acceptors (Lipinski definition) is 6. The predicted octanol–water partition coefficient (Wildman–Crippen LogP) is 4.73. The second-order valence-electron chi connectivity index (χ2n) is 6.25. The maximum absolute atomic E-state index is 12.9. The number of hydrogen-bond donors (Lipinski definition) is 1. The van der Waals surface area contributed by atoms with Gasteiger partial charge in [-0.1, -0.05) is 23.7 Å². The molecule has 1 N–H and O–H groups in total. The highest BCUT2D eigenvalue weighted by Crippen LogP contribution is 2.31. The summed E-state index contributed by atoms with van der Waals surface area (Å²) in [5.74, 6) is 0.336. The summed E-state index contributed by atoms with van der Waals surface area (Å²) in [6.45, 7) is -0.416. The largest absolute Gasteiger partial charge is 0.495 e. The van der Waals surface area contributed by atoms with Crippen molar-refractivity contribution in [2.24, 2.45) is 0 Å². The first-order chi connectivity index (χ1) is 14.6. The molecule has 8 heteroatoms. The minimum atomic E-state index is -0.478. The van der Waals surface area contributed by atoms with Gasteiger partial charge in [0.15, 0.2) is 12.4 Å². The van der Waals surface area contributed by atoms with E-state index < -0.39 is 17.9 Å². The van der Waals surface area contributed by atoms with Gasteiger partial charge in [0.05, 0.1) is 23.8 Å². The molecular formula is C22H16ClNO6.